The van der Waals surface area contributed by atoms with E-state index in [0.717, 1.165) is 5.56 Å². The molecule has 10 heteroatoms. The van der Waals surface area contributed by atoms with Gasteiger partial charge in [0.1, 0.15) is 6.07 Å². The number of hydrogen-bond donors (Lipinski definition) is 1. The molecule has 2 aromatic carbocycles. The Hall–Kier alpha value is -3.55. The average Bonchev–Trinajstić information content (AvgIpc) is 3.44. The quantitative estimate of drug-likeness (QED) is 0.549. The second kappa shape index (κ2) is 8.90. The minimum Gasteiger partial charge on any atom is -0.454 e. The Labute approximate surface area is 186 Å². The predicted molar refractivity (Wildman–Crippen MR) is 117 cm³/mol. The van der Waals surface area contributed by atoms with Crippen LogP contribution in [-0.4, -0.2) is 37.6 Å². The summed E-state index contributed by atoms with van der Waals surface area (Å²) in [6.07, 6.45) is 0. The summed E-state index contributed by atoms with van der Waals surface area (Å²) in [5.41, 5.74) is 1.60. The van der Waals surface area contributed by atoms with Crippen molar-refractivity contribution in [2.75, 3.05) is 25.2 Å². The minimum absolute atomic E-state index is 0.112. The number of benzene rings is 2. The lowest BCUT2D eigenvalue weighted by Gasteiger charge is -2.18. The average molecular weight is 455 g/mol. The summed E-state index contributed by atoms with van der Waals surface area (Å²) in [5, 5.41) is 12.5. The number of aromatic nitrogens is 1. The maximum Gasteiger partial charge on any atom is 0.243 e. The molecular formula is C22H22N4O5S. The summed E-state index contributed by atoms with van der Waals surface area (Å²) in [4.78, 5) is 4.43. The van der Waals surface area contributed by atoms with Crippen LogP contribution in [0.4, 0.5) is 5.88 Å². The molecule has 9 nitrogen and oxygen atoms in total. The third kappa shape index (κ3) is 4.12. The fourth-order valence-corrected chi connectivity index (χ4v) is 4.81. The Morgan fingerprint density at radius 3 is 2.50 bits per heavy atom. The first-order valence-corrected chi connectivity index (χ1v) is 11.5. The summed E-state index contributed by atoms with van der Waals surface area (Å²) in [6.45, 7) is 4.97. The highest BCUT2D eigenvalue weighted by atomic mass is 32.2. The molecule has 1 aromatic heterocycles. The molecule has 32 heavy (non-hydrogen) atoms. The molecule has 0 bridgehead atoms. The number of rotatable bonds is 8. The number of fused-ring (bicyclic) bond motifs is 1. The van der Waals surface area contributed by atoms with E-state index in [2.05, 4.69) is 10.3 Å². The van der Waals surface area contributed by atoms with Crippen molar-refractivity contribution in [3.63, 3.8) is 0 Å². The monoisotopic (exact) mass is 454 g/mol. The van der Waals surface area contributed by atoms with Gasteiger partial charge in [0.05, 0.1) is 4.90 Å². The third-order valence-electron chi connectivity index (χ3n) is 5.07. The minimum atomic E-state index is -3.55. The number of anilines is 1. The van der Waals surface area contributed by atoms with Gasteiger partial charge in [0.15, 0.2) is 11.5 Å². The first kappa shape index (κ1) is 21.7. The molecule has 1 aliphatic heterocycles. The van der Waals surface area contributed by atoms with Crippen molar-refractivity contribution < 1.29 is 22.3 Å². The molecule has 0 amide bonds. The van der Waals surface area contributed by atoms with E-state index >= 15 is 0 Å². The Kier molecular flexibility index (Phi) is 6.03. The molecule has 0 saturated carbocycles. The van der Waals surface area contributed by atoms with E-state index in [1.54, 1.807) is 26.0 Å². The van der Waals surface area contributed by atoms with E-state index in [1.807, 2.05) is 24.3 Å². The number of ether oxygens (including phenoxy) is 2. The van der Waals surface area contributed by atoms with Gasteiger partial charge in [-0.15, -0.1) is 0 Å². The van der Waals surface area contributed by atoms with Gasteiger partial charge < -0.3 is 19.2 Å². The molecule has 0 spiro atoms. The van der Waals surface area contributed by atoms with Crippen LogP contribution in [-0.2, 0) is 16.6 Å². The summed E-state index contributed by atoms with van der Waals surface area (Å²) >= 11 is 0. The van der Waals surface area contributed by atoms with Gasteiger partial charge in [-0.3, -0.25) is 0 Å². The zero-order chi connectivity index (χ0) is 22.7. The van der Waals surface area contributed by atoms with Gasteiger partial charge in [-0.05, 0) is 42.0 Å². The van der Waals surface area contributed by atoms with Gasteiger partial charge >= 0.3 is 0 Å². The molecule has 0 unspecified atom stereocenters. The Morgan fingerprint density at radius 1 is 1.09 bits per heavy atom. The van der Waals surface area contributed by atoms with Crippen molar-refractivity contribution in [1.29, 1.82) is 5.26 Å². The molecule has 166 valence electrons. The Balaban J connectivity index is 1.52. The number of nitriles is 1. The molecule has 0 fully saturated rings. The van der Waals surface area contributed by atoms with E-state index in [-0.39, 0.29) is 29.2 Å². The summed E-state index contributed by atoms with van der Waals surface area (Å²) < 4.78 is 43.1. The predicted octanol–water partition coefficient (Wildman–Crippen LogP) is 3.58. The first-order chi connectivity index (χ1) is 15.5. The fraction of sp³-hybridized carbons (Fsp3) is 0.273. The van der Waals surface area contributed by atoms with Crippen molar-refractivity contribution in [3.8, 4) is 29.0 Å². The highest BCUT2D eigenvalue weighted by Gasteiger charge is 2.22. The van der Waals surface area contributed by atoms with Crippen molar-refractivity contribution >= 4 is 15.9 Å². The van der Waals surface area contributed by atoms with Crippen LogP contribution >= 0.6 is 0 Å². The number of oxazole rings is 1. The maximum absolute atomic E-state index is 12.7. The topological polar surface area (TPSA) is 118 Å². The second-order valence-corrected chi connectivity index (χ2v) is 8.90. The van der Waals surface area contributed by atoms with Gasteiger partial charge in [-0.1, -0.05) is 19.9 Å². The summed E-state index contributed by atoms with van der Waals surface area (Å²) in [7, 11) is -3.55. The lowest BCUT2D eigenvalue weighted by Crippen LogP contribution is -2.30. The molecule has 3 aromatic rings. The summed E-state index contributed by atoms with van der Waals surface area (Å²) in [6, 6.07) is 13.8. The zero-order valence-electron chi connectivity index (χ0n) is 17.7. The van der Waals surface area contributed by atoms with Crippen LogP contribution in [0.15, 0.2) is 51.8 Å². The first-order valence-electron chi connectivity index (χ1n) is 10.1. The van der Waals surface area contributed by atoms with Gasteiger partial charge in [0, 0.05) is 25.2 Å². The van der Waals surface area contributed by atoms with E-state index in [0.29, 0.717) is 36.7 Å². The third-order valence-corrected chi connectivity index (χ3v) is 7.13. The molecule has 4 rings (SSSR count). The van der Waals surface area contributed by atoms with E-state index in [9.17, 15) is 13.7 Å². The highest BCUT2D eigenvalue weighted by molar-refractivity contribution is 7.89. The molecular weight excluding hydrogens is 432 g/mol. The normalized spacial score (nSPS) is 12.7. The molecule has 2 heterocycles. The number of nitrogens with zero attached hydrogens (tertiary/aromatic N) is 3. The van der Waals surface area contributed by atoms with Crippen LogP contribution < -0.4 is 14.8 Å². The van der Waals surface area contributed by atoms with E-state index in [4.69, 9.17) is 13.9 Å². The van der Waals surface area contributed by atoms with Gasteiger partial charge in [0.2, 0.25) is 34.3 Å². The number of sulfonamides is 1. The Bertz CT molecular complexity index is 1260. The lowest BCUT2D eigenvalue weighted by molar-refractivity contribution is 0.174. The molecule has 0 aliphatic carbocycles. The van der Waals surface area contributed by atoms with E-state index < -0.39 is 10.0 Å². The molecule has 1 aliphatic rings. The molecule has 1 N–H and O–H groups in total. The van der Waals surface area contributed by atoms with Crippen LogP contribution in [0.5, 0.6) is 11.5 Å². The van der Waals surface area contributed by atoms with Crippen LogP contribution in [0.3, 0.4) is 0 Å². The molecule has 0 saturated heterocycles. The van der Waals surface area contributed by atoms with Crippen LogP contribution in [0.1, 0.15) is 25.1 Å². The van der Waals surface area contributed by atoms with Gasteiger partial charge in [-0.25, -0.2) is 8.42 Å². The van der Waals surface area contributed by atoms with Crippen LogP contribution in [0.25, 0.3) is 11.5 Å². The maximum atomic E-state index is 12.7. The van der Waals surface area contributed by atoms with Crippen molar-refractivity contribution in [2.45, 2.75) is 25.3 Å². The van der Waals surface area contributed by atoms with Crippen molar-refractivity contribution in [1.82, 2.24) is 9.29 Å². The van der Waals surface area contributed by atoms with Crippen LogP contribution in [0.2, 0.25) is 0 Å². The molecule has 0 atom stereocenters. The van der Waals surface area contributed by atoms with Crippen molar-refractivity contribution in [3.05, 3.63) is 53.7 Å². The van der Waals surface area contributed by atoms with Gasteiger partial charge in [0.25, 0.3) is 0 Å². The lowest BCUT2D eigenvalue weighted by atomic mass is 10.2. The molecule has 0 radical (unpaired) electrons. The van der Waals surface area contributed by atoms with Gasteiger partial charge in [-0.2, -0.15) is 14.6 Å². The largest absolute Gasteiger partial charge is 0.454 e. The smallest absolute Gasteiger partial charge is 0.243 e. The fourth-order valence-electron chi connectivity index (χ4n) is 3.35. The number of nitrogens with one attached hydrogen (secondary N) is 1. The zero-order valence-corrected chi connectivity index (χ0v) is 18.5. The summed E-state index contributed by atoms with van der Waals surface area (Å²) in [5.74, 6) is 1.82. The van der Waals surface area contributed by atoms with E-state index in [1.165, 1.54) is 16.4 Å². The standard InChI is InChI=1S/C22H22N4O5S/c1-3-26(4-2)32(27,28)17-8-6-16(7-9-17)21-25-18(12-23)22(31-21)24-13-15-5-10-19-20(11-15)30-14-29-19/h5-11,24H,3-4,13-14H2,1-2H3. The highest BCUT2D eigenvalue weighted by Crippen LogP contribution is 2.33. The van der Waals surface area contributed by atoms with Crippen molar-refractivity contribution in [2.24, 2.45) is 0 Å². The number of hydrogen-bond acceptors (Lipinski definition) is 8. The second-order valence-electron chi connectivity index (χ2n) is 6.96. The van der Waals surface area contributed by atoms with Crippen LogP contribution in [0, 0.1) is 11.3 Å². The Morgan fingerprint density at radius 2 is 1.81 bits per heavy atom. The SMILES string of the molecule is CCN(CC)S(=O)(=O)c1ccc(-c2nc(C#N)c(NCc3ccc4c(c3)OCO4)o2)cc1.